The number of hydrogen-bond donors (Lipinski definition) is 1. The zero-order valence-electron chi connectivity index (χ0n) is 18.3. The van der Waals surface area contributed by atoms with Crippen LogP contribution in [0.15, 0.2) is 59.5 Å². The van der Waals surface area contributed by atoms with Gasteiger partial charge in [0.1, 0.15) is 0 Å². The van der Waals surface area contributed by atoms with E-state index in [4.69, 9.17) is 14.2 Å². The van der Waals surface area contributed by atoms with Gasteiger partial charge in [-0.05, 0) is 61.7 Å². The largest absolute Gasteiger partial charge is 0.493 e. The van der Waals surface area contributed by atoms with Crippen molar-refractivity contribution in [1.29, 1.82) is 0 Å². The van der Waals surface area contributed by atoms with Gasteiger partial charge < -0.3 is 19.3 Å². The van der Waals surface area contributed by atoms with Crippen molar-refractivity contribution < 1.29 is 19.3 Å². The molecule has 0 spiro atoms. The van der Waals surface area contributed by atoms with Crippen LogP contribution >= 0.6 is 11.3 Å². The van der Waals surface area contributed by atoms with Gasteiger partial charge in [-0.3, -0.25) is 0 Å². The molecule has 1 unspecified atom stereocenters. The smallest absolute Gasteiger partial charge is 0.203 e. The van der Waals surface area contributed by atoms with Crippen LogP contribution in [0.4, 0.5) is 0 Å². The Balaban J connectivity index is 1.78. The van der Waals surface area contributed by atoms with E-state index in [0.717, 1.165) is 36.1 Å². The van der Waals surface area contributed by atoms with E-state index in [1.165, 1.54) is 5.57 Å². The van der Waals surface area contributed by atoms with Crippen LogP contribution < -0.4 is 14.2 Å². The third-order valence-electron chi connectivity index (χ3n) is 4.70. The van der Waals surface area contributed by atoms with Gasteiger partial charge in [0.25, 0.3) is 0 Å². The Morgan fingerprint density at radius 3 is 2.37 bits per heavy atom. The maximum atomic E-state index is 10.2. The molecular formula is C25H32O4S. The molecule has 1 heterocycles. The molecule has 1 atom stereocenters. The molecule has 0 amide bonds. The van der Waals surface area contributed by atoms with Crippen molar-refractivity contribution in [2.75, 3.05) is 21.3 Å². The van der Waals surface area contributed by atoms with Gasteiger partial charge in [0, 0.05) is 4.88 Å². The van der Waals surface area contributed by atoms with Gasteiger partial charge in [-0.2, -0.15) is 0 Å². The van der Waals surface area contributed by atoms with Crippen LogP contribution in [0.25, 0.3) is 6.08 Å². The molecule has 5 heteroatoms. The Labute approximate surface area is 184 Å². The molecular weight excluding hydrogens is 396 g/mol. The highest BCUT2D eigenvalue weighted by molar-refractivity contribution is 7.10. The Hall–Kier alpha value is -2.50. The van der Waals surface area contributed by atoms with Crippen molar-refractivity contribution >= 4 is 17.4 Å². The van der Waals surface area contributed by atoms with E-state index in [1.807, 2.05) is 29.6 Å². The highest BCUT2D eigenvalue weighted by Gasteiger charge is 2.11. The number of ether oxygens (including phenoxy) is 3. The standard InChI is InChI=1S/C25H32O4S/c1-19(14-15-21(26)24-13-10-16-30-24)11-8-6-5-7-9-12-20-17-22(27-2)25(29-4)23(18-20)28-3/h6,8-13,16-18,21,26H,5,7,14-15H2,1-4H3/b8-6+,12-9+,19-11+. The van der Waals surface area contributed by atoms with E-state index in [2.05, 4.69) is 37.3 Å². The van der Waals surface area contributed by atoms with Gasteiger partial charge in [-0.15, -0.1) is 11.3 Å². The summed E-state index contributed by atoms with van der Waals surface area (Å²) in [6.45, 7) is 2.11. The molecule has 0 fully saturated rings. The zero-order valence-corrected chi connectivity index (χ0v) is 19.1. The topological polar surface area (TPSA) is 47.9 Å². The number of hydrogen-bond acceptors (Lipinski definition) is 5. The monoisotopic (exact) mass is 428 g/mol. The zero-order chi connectivity index (χ0) is 21.8. The Kier molecular flexibility index (Phi) is 10.3. The van der Waals surface area contributed by atoms with Crippen LogP contribution in [-0.2, 0) is 0 Å². The first-order valence-electron chi connectivity index (χ1n) is 10.1. The van der Waals surface area contributed by atoms with Gasteiger partial charge in [0.2, 0.25) is 5.75 Å². The number of aliphatic hydroxyl groups excluding tert-OH is 1. The molecule has 0 aliphatic rings. The van der Waals surface area contributed by atoms with Crippen molar-refractivity contribution in [3.05, 3.63) is 70.0 Å². The lowest BCUT2D eigenvalue weighted by atomic mass is 10.1. The predicted octanol–water partition coefficient (Wildman–Crippen LogP) is 6.58. The van der Waals surface area contributed by atoms with Gasteiger partial charge in [0.15, 0.2) is 11.5 Å². The number of benzene rings is 1. The lowest BCUT2D eigenvalue weighted by Gasteiger charge is -2.12. The van der Waals surface area contributed by atoms with Crippen LogP contribution in [0, 0.1) is 0 Å². The molecule has 162 valence electrons. The Morgan fingerprint density at radius 1 is 1.07 bits per heavy atom. The third kappa shape index (κ3) is 7.39. The molecule has 1 aromatic carbocycles. The average molecular weight is 429 g/mol. The van der Waals surface area contributed by atoms with Crippen LogP contribution in [0.1, 0.15) is 49.2 Å². The first-order chi connectivity index (χ1) is 14.6. The van der Waals surface area contributed by atoms with E-state index in [0.29, 0.717) is 17.2 Å². The number of aliphatic hydroxyl groups is 1. The molecule has 2 aromatic rings. The maximum absolute atomic E-state index is 10.2. The SMILES string of the molecule is COc1cc(/C=C/CC/C=C/C=C(\C)CCC(O)c2cccs2)cc(OC)c1OC. The predicted molar refractivity (Wildman–Crippen MR) is 126 cm³/mol. The fourth-order valence-corrected chi connectivity index (χ4v) is 3.76. The second-order valence-corrected chi connectivity index (χ2v) is 7.93. The minimum absolute atomic E-state index is 0.363. The fraction of sp³-hybridized carbons (Fsp3) is 0.360. The number of rotatable bonds is 12. The highest BCUT2D eigenvalue weighted by Crippen LogP contribution is 2.38. The summed E-state index contributed by atoms with van der Waals surface area (Å²) in [5, 5.41) is 12.2. The molecule has 0 bridgehead atoms. The lowest BCUT2D eigenvalue weighted by Crippen LogP contribution is -1.95. The lowest BCUT2D eigenvalue weighted by molar-refractivity contribution is 0.171. The van der Waals surface area contributed by atoms with Crippen molar-refractivity contribution in [2.45, 2.75) is 38.7 Å². The number of allylic oxidation sites excluding steroid dienone is 5. The molecule has 4 nitrogen and oxygen atoms in total. The molecule has 0 radical (unpaired) electrons. The quantitative estimate of drug-likeness (QED) is 0.306. The summed E-state index contributed by atoms with van der Waals surface area (Å²) in [4.78, 5) is 1.04. The summed E-state index contributed by atoms with van der Waals surface area (Å²) in [5.41, 5.74) is 2.28. The highest BCUT2D eigenvalue weighted by atomic mass is 32.1. The van der Waals surface area contributed by atoms with E-state index >= 15 is 0 Å². The van der Waals surface area contributed by atoms with E-state index in [9.17, 15) is 5.11 Å². The van der Waals surface area contributed by atoms with Gasteiger partial charge >= 0.3 is 0 Å². The minimum atomic E-state index is -0.363. The van der Waals surface area contributed by atoms with Crippen LogP contribution in [0.3, 0.4) is 0 Å². The third-order valence-corrected chi connectivity index (χ3v) is 5.67. The van der Waals surface area contributed by atoms with Gasteiger partial charge in [-0.1, -0.05) is 42.0 Å². The van der Waals surface area contributed by atoms with Crippen LogP contribution in [0.2, 0.25) is 0 Å². The first kappa shape index (κ1) is 23.8. The van der Waals surface area contributed by atoms with Crippen LogP contribution in [-0.4, -0.2) is 26.4 Å². The summed E-state index contributed by atoms with van der Waals surface area (Å²) in [5.74, 6) is 1.91. The molecule has 0 saturated heterocycles. The van der Waals surface area contributed by atoms with Gasteiger partial charge in [-0.25, -0.2) is 0 Å². The summed E-state index contributed by atoms with van der Waals surface area (Å²) in [6, 6.07) is 7.83. The molecule has 0 aliphatic carbocycles. The normalized spacial score (nSPS) is 13.2. The van der Waals surface area contributed by atoms with E-state index in [-0.39, 0.29) is 6.10 Å². The molecule has 30 heavy (non-hydrogen) atoms. The van der Waals surface area contributed by atoms with E-state index < -0.39 is 0 Å². The Morgan fingerprint density at radius 2 is 1.77 bits per heavy atom. The average Bonchev–Trinajstić information content (AvgIpc) is 3.31. The first-order valence-corrected chi connectivity index (χ1v) is 11.0. The molecule has 1 aromatic heterocycles. The Bertz CT molecular complexity index is 825. The number of thiophene rings is 1. The van der Waals surface area contributed by atoms with Gasteiger partial charge in [0.05, 0.1) is 27.4 Å². The number of methoxy groups -OCH3 is 3. The van der Waals surface area contributed by atoms with Crippen molar-refractivity contribution in [3.63, 3.8) is 0 Å². The van der Waals surface area contributed by atoms with Crippen LogP contribution in [0.5, 0.6) is 17.2 Å². The summed E-state index contributed by atoms with van der Waals surface area (Å²) in [7, 11) is 4.84. The number of unbranched alkanes of at least 4 members (excludes halogenated alkanes) is 1. The summed E-state index contributed by atoms with van der Waals surface area (Å²) < 4.78 is 16.1. The minimum Gasteiger partial charge on any atom is -0.493 e. The molecule has 0 saturated carbocycles. The summed E-state index contributed by atoms with van der Waals surface area (Å²) >= 11 is 1.61. The second-order valence-electron chi connectivity index (χ2n) is 6.95. The van der Waals surface area contributed by atoms with E-state index in [1.54, 1.807) is 32.7 Å². The summed E-state index contributed by atoms with van der Waals surface area (Å²) in [6.07, 6.45) is 13.8. The van der Waals surface area contributed by atoms with Crippen molar-refractivity contribution in [3.8, 4) is 17.2 Å². The van der Waals surface area contributed by atoms with Crippen molar-refractivity contribution in [2.24, 2.45) is 0 Å². The fourth-order valence-electron chi connectivity index (χ4n) is 3.01. The second kappa shape index (κ2) is 12.9. The maximum Gasteiger partial charge on any atom is 0.203 e. The molecule has 1 N–H and O–H groups in total. The molecule has 2 rings (SSSR count). The van der Waals surface area contributed by atoms with Crippen molar-refractivity contribution in [1.82, 2.24) is 0 Å². The molecule has 0 aliphatic heterocycles.